The van der Waals surface area contributed by atoms with Crippen molar-refractivity contribution in [2.75, 3.05) is 19.1 Å². The zero-order chi connectivity index (χ0) is 10.1. The van der Waals surface area contributed by atoms with Gasteiger partial charge in [-0.25, -0.2) is 0 Å². The van der Waals surface area contributed by atoms with Gasteiger partial charge in [0.05, 0.1) is 12.5 Å². The first-order valence-corrected chi connectivity index (χ1v) is 5.05. The number of hydrogen-bond acceptors (Lipinski definition) is 3. The lowest BCUT2D eigenvalue weighted by molar-refractivity contribution is -0.148. The lowest BCUT2D eigenvalue weighted by Crippen LogP contribution is -2.24. The molecule has 0 bridgehead atoms. The second-order valence-electron chi connectivity index (χ2n) is 2.81. The molecule has 0 radical (unpaired) electrons. The second kappa shape index (κ2) is 8.32. The van der Waals surface area contributed by atoms with Gasteiger partial charge in [0.2, 0.25) is 0 Å². The molecular weight excluding hydrogens is 192 g/mol. The fraction of sp³-hybridized carbons (Fsp3) is 0.889. The minimum atomic E-state index is -0.315. The van der Waals surface area contributed by atoms with E-state index in [2.05, 4.69) is 6.92 Å². The summed E-state index contributed by atoms with van der Waals surface area (Å²) >= 11 is 5.57. The van der Waals surface area contributed by atoms with Gasteiger partial charge in [0.15, 0.2) is 0 Å². The summed E-state index contributed by atoms with van der Waals surface area (Å²) < 4.78 is 10.2. The molecule has 4 heteroatoms. The molecule has 0 aliphatic rings. The highest BCUT2D eigenvalue weighted by atomic mass is 35.5. The van der Waals surface area contributed by atoms with E-state index in [0.717, 1.165) is 12.8 Å². The average Bonchev–Trinajstić information content (AvgIpc) is 2.09. The average molecular weight is 209 g/mol. The molecule has 0 amide bonds. The number of rotatable bonds is 7. The Morgan fingerprint density at radius 1 is 1.54 bits per heavy atom. The Labute approximate surface area is 84.4 Å². The van der Waals surface area contributed by atoms with Crippen LogP contribution in [0.25, 0.3) is 0 Å². The summed E-state index contributed by atoms with van der Waals surface area (Å²) in [7, 11) is 0. The molecule has 0 aromatic carbocycles. The van der Waals surface area contributed by atoms with Gasteiger partial charge in [-0.3, -0.25) is 4.79 Å². The first-order valence-electron chi connectivity index (χ1n) is 4.51. The van der Waals surface area contributed by atoms with Crippen molar-refractivity contribution >= 4 is 17.6 Å². The largest absolute Gasteiger partial charge is 0.459 e. The maximum atomic E-state index is 10.6. The van der Waals surface area contributed by atoms with Crippen molar-refractivity contribution in [2.45, 2.75) is 32.8 Å². The standard InChI is InChI=1S/C9H17ClO3/c1-3-4-5-12-7-9(6-10)13-8(2)11/h9H,3-7H2,1-2H3. The Bertz CT molecular complexity index is 139. The maximum Gasteiger partial charge on any atom is 0.303 e. The Balaban J connectivity index is 3.42. The summed E-state index contributed by atoms with van der Waals surface area (Å²) in [5.41, 5.74) is 0. The first-order chi connectivity index (χ1) is 6.20. The highest BCUT2D eigenvalue weighted by Crippen LogP contribution is 1.98. The molecule has 13 heavy (non-hydrogen) atoms. The molecule has 0 saturated heterocycles. The molecule has 78 valence electrons. The molecule has 0 heterocycles. The number of hydrogen-bond donors (Lipinski definition) is 0. The molecule has 0 saturated carbocycles. The lowest BCUT2D eigenvalue weighted by atomic mass is 10.3. The lowest BCUT2D eigenvalue weighted by Gasteiger charge is -2.13. The minimum absolute atomic E-state index is 0.283. The van der Waals surface area contributed by atoms with Crippen molar-refractivity contribution in [3.05, 3.63) is 0 Å². The molecule has 0 fully saturated rings. The summed E-state index contributed by atoms with van der Waals surface area (Å²) in [6.45, 7) is 4.55. The van der Waals surface area contributed by atoms with E-state index in [4.69, 9.17) is 21.1 Å². The van der Waals surface area contributed by atoms with Crippen molar-refractivity contribution in [1.82, 2.24) is 0 Å². The number of esters is 1. The molecular formula is C9H17ClO3. The van der Waals surface area contributed by atoms with Crippen molar-refractivity contribution in [2.24, 2.45) is 0 Å². The Hall–Kier alpha value is -0.280. The highest BCUT2D eigenvalue weighted by molar-refractivity contribution is 6.18. The van der Waals surface area contributed by atoms with E-state index in [9.17, 15) is 4.79 Å². The minimum Gasteiger partial charge on any atom is -0.459 e. The van der Waals surface area contributed by atoms with Gasteiger partial charge >= 0.3 is 5.97 Å². The topological polar surface area (TPSA) is 35.5 Å². The Morgan fingerprint density at radius 2 is 2.23 bits per heavy atom. The SMILES string of the molecule is CCCCOCC(CCl)OC(C)=O. The molecule has 0 aliphatic carbocycles. The van der Waals surface area contributed by atoms with Crippen LogP contribution in [0.1, 0.15) is 26.7 Å². The number of halogens is 1. The van der Waals surface area contributed by atoms with Gasteiger partial charge in [-0.1, -0.05) is 13.3 Å². The predicted octanol–water partition coefficient (Wildman–Crippen LogP) is 1.97. The monoisotopic (exact) mass is 208 g/mol. The smallest absolute Gasteiger partial charge is 0.303 e. The molecule has 0 aromatic heterocycles. The van der Waals surface area contributed by atoms with Crippen LogP contribution >= 0.6 is 11.6 Å². The van der Waals surface area contributed by atoms with E-state index in [-0.39, 0.29) is 18.0 Å². The van der Waals surface area contributed by atoms with E-state index < -0.39 is 0 Å². The fourth-order valence-electron chi connectivity index (χ4n) is 0.806. The number of alkyl halides is 1. The van der Waals surface area contributed by atoms with E-state index in [1.165, 1.54) is 6.92 Å². The third kappa shape index (κ3) is 8.06. The highest BCUT2D eigenvalue weighted by Gasteiger charge is 2.09. The summed E-state index contributed by atoms with van der Waals surface area (Å²) in [5.74, 6) is -0.0316. The molecule has 0 spiro atoms. The molecule has 0 rings (SSSR count). The van der Waals surface area contributed by atoms with Gasteiger partial charge in [-0.2, -0.15) is 0 Å². The van der Waals surface area contributed by atoms with Crippen LogP contribution in [0.15, 0.2) is 0 Å². The first kappa shape index (κ1) is 12.7. The quantitative estimate of drug-likeness (QED) is 0.365. The zero-order valence-corrected chi connectivity index (χ0v) is 8.97. The summed E-state index contributed by atoms with van der Waals surface area (Å²) in [4.78, 5) is 10.6. The van der Waals surface area contributed by atoms with Gasteiger partial charge in [-0.05, 0) is 6.42 Å². The van der Waals surface area contributed by atoms with Crippen LogP contribution in [0.4, 0.5) is 0 Å². The molecule has 1 unspecified atom stereocenters. The number of carbonyl (C=O) groups is 1. The van der Waals surface area contributed by atoms with E-state index >= 15 is 0 Å². The number of unbranched alkanes of at least 4 members (excludes halogenated alkanes) is 1. The van der Waals surface area contributed by atoms with Crippen molar-refractivity contribution < 1.29 is 14.3 Å². The summed E-state index contributed by atoms with van der Waals surface area (Å²) in [6, 6.07) is 0. The molecule has 0 N–H and O–H groups in total. The predicted molar refractivity (Wildman–Crippen MR) is 52.0 cm³/mol. The van der Waals surface area contributed by atoms with Gasteiger partial charge < -0.3 is 9.47 Å². The third-order valence-corrected chi connectivity index (χ3v) is 1.79. The second-order valence-corrected chi connectivity index (χ2v) is 3.12. The van der Waals surface area contributed by atoms with Gasteiger partial charge in [-0.15, -0.1) is 11.6 Å². The van der Waals surface area contributed by atoms with Crippen molar-refractivity contribution in [1.29, 1.82) is 0 Å². The summed E-state index contributed by atoms with van der Waals surface area (Å²) in [5, 5.41) is 0. The van der Waals surface area contributed by atoms with Gasteiger partial charge in [0, 0.05) is 13.5 Å². The summed E-state index contributed by atoms with van der Waals surface area (Å²) in [6.07, 6.45) is 1.81. The van der Waals surface area contributed by atoms with Crippen molar-refractivity contribution in [3.8, 4) is 0 Å². The van der Waals surface area contributed by atoms with Crippen LogP contribution in [0.3, 0.4) is 0 Å². The number of carbonyl (C=O) groups excluding carboxylic acids is 1. The van der Waals surface area contributed by atoms with E-state index in [0.29, 0.717) is 13.2 Å². The van der Waals surface area contributed by atoms with Crippen LogP contribution in [0.5, 0.6) is 0 Å². The zero-order valence-electron chi connectivity index (χ0n) is 8.22. The van der Waals surface area contributed by atoms with Crippen LogP contribution in [0.2, 0.25) is 0 Å². The molecule has 1 atom stereocenters. The Kier molecular flexibility index (Phi) is 8.14. The third-order valence-electron chi connectivity index (χ3n) is 1.45. The normalized spacial score (nSPS) is 12.5. The Morgan fingerprint density at radius 3 is 2.69 bits per heavy atom. The van der Waals surface area contributed by atoms with Crippen LogP contribution in [-0.2, 0) is 14.3 Å². The van der Waals surface area contributed by atoms with Gasteiger partial charge in [0.25, 0.3) is 0 Å². The van der Waals surface area contributed by atoms with E-state index in [1.807, 2.05) is 0 Å². The number of ether oxygens (including phenoxy) is 2. The van der Waals surface area contributed by atoms with Crippen LogP contribution in [-0.4, -0.2) is 31.2 Å². The molecule has 0 aromatic rings. The van der Waals surface area contributed by atoms with Crippen molar-refractivity contribution in [3.63, 3.8) is 0 Å². The molecule has 0 aliphatic heterocycles. The van der Waals surface area contributed by atoms with Gasteiger partial charge in [0.1, 0.15) is 6.10 Å². The molecule has 3 nitrogen and oxygen atoms in total. The van der Waals surface area contributed by atoms with Crippen LogP contribution < -0.4 is 0 Å². The van der Waals surface area contributed by atoms with Crippen LogP contribution in [0, 0.1) is 0 Å². The fourth-order valence-corrected chi connectivity index (χ4v) is 0.958. The van der Waals surface area contributed by atoms with E-state index in [1.54, 1.807) is 0 Å². The maximum absolute atomic E-state index is 10.6.